The van der Waals surface area contributed by atoms with Gasteiger partial charge in [0.2, 0.25) is 0 Å². The van der Waals surface area contributed by atoms with Gasteiger partial charge in [0.15, 0.2) is 11.5 Å². The lowest BCUT2D eigenvalue weighted by atomic mass is 10.1. The number of aryl methyl sites for hydroxylation is 2. The number of rotatable bonds is 4. The van der Waals surface area contributed by atoms with Gasteiger partial charge in [-0.15, -0.1) is 0 Å². The number of hydrogen-bond donors (Lipinski definition) is 0. The van der Waals surface area contributed by atoms with Crippen molar-refractivity contribution in [3.8, 4) is 17.2 Å². The molecular weight excluding hydrogens is 292 g/mol. The van der Waals surface area contributed by atoms with Gasteiger partial charge in [0.05, 0.1) is 13.2 Å². The average molecular weight is 312 g/mol. The van der Waals surface area contributed by atoms with E-state index in [1.165, 1.54) is 0 Å². The molecule has 0 aromatic heterocycles. The Kier molecular flexibility index (Phi) is 4.81. The van der Waals surface area contributed by atoms with Gasteiger partial charge in [0, 0.05) is 12.8 Å². The van der Waals surface area contributed by atoms with E-state index in [0.29, 0.717) is 31.8 Å². The van der Waals surface area contributed by atoms with E-state index in [1.807, 2.05) is 43.3 Å². The second kappa shape index (κ2) is 7.18. The predicted octanol–water partition coefficient (Wildman–Crippen LogP) is 3.69. The van der Waals surface area contributed by atoms with Crippen LogP contribution in [0.5, 0.6) is 17.2 Å². The molecule has 0 unspecified atom stereocenters. The SMILES string of the molecule is Cc1cccc(OC(=O)CCc2ccc3c(c2)OCCCO3)c1. The molecule has 4 nitrogen and oxygen atoms in total. The normalized spacial score (nSPS) is 13.3. The highest BCUT2D eigenvalue weighted by molar-refractivity contribution is 5.72. The van der Waals surface area contributed by atoms with Gasteiger partial charge in [-0.05, 0) is 48.7 Å². The van der Waals surface area contributed by atoms with Crippen LogP contribution in [0.25, 0.3) is 0 Å². The summed E-state index contributed by atoms with van der Waals surface area (Å²) >= 11 is 0. The summed E-state index contributed by atoms with van der Waals surface area (Å²) in [5.74, 6) is 1.89. The second-order valence-corrected chi connectivity index (χ2v) is 5.62. The van der Waals surface area contributed by atoms with Gasteiger partial charge in [-0.2, -0.15) is 0 Å². The first kappa shape index (κ1) is 15.4. The highest BCUT2D eigenvalue weighted by Gasteiger charge is 2.12. The van der Waals surface area contributed by atoms with Crippen LogP contribution in [-0.4, -0.2) is 19.2 Å². The molecule has 1 heterocycles. The van der Waals surface area contributed by atoms with Crippen LogP contribution < -0.4 is 14.2 Å². The Hall–Kier alpha value is -2.49. The molecule has 23 heavy (non-hydrogen) atoms. The van der Waals surface area contributed by atoms with Crippen molar-refractivity contribution in [3.05, 3.63) is 53.6 Å². The van der Waals surface area contributed by atoms with Crippen molar-refractivity contribution < 1.29 is 19.0 Å². The Morgan fingerprint density at radius 1 is 1.09 bits per heavy atom. The molecule has 0 spiro atoms. The highest BCUT2D eigenvalue weighted by Crippen LogP contribution is 2.30. The standard InChI is InChI=1S/C19H20O4/c1-14-4-2-5-16(12-14)23-19(20)9-7-15-6-8-17-18(13-15)22-11-3-10-21-17/h2,4-6,8,12-13H,3,7,9-11H2,1H3. The Balaban J connectivity index is 1.57. The van der Waals surface area contributed by atoms with Crippen LogP contribution in [0.1, 0.15) is 24.0 Å². The summed E-state index contributed by atoms with van der Waals surface area (Å²) in [5, 5.41) is 0. The van der Waals surface area contributed by atoms with Crippen LogP contribution >= 0.6 is 0 Å². The van der Waals surface area contributed by atoms with Crippen LogP contribution in [-0.2, 0) is 11.2 Å². The lowest BCUT2D eigenvalue weighted by Gasteiger charge is -2.09. The monoisotopic (exact) mass is 312 g/mol. The van der Waals surface area contributed by atoms with Crippen molar-refractivity contribution in [1.29, 1.82) is 0 Å². The predicted molar refractivity (Wildman–Crippen MR) is 87.2 cm³/mol. The summed E-state index contributed by atoms with van der Waals surface area (Å²) in [6.07, 6.45) is 1.82. The largest absolute Gasteiger partial charge is 0.490 e. The number of hydrogen-bond acceptors (Lipinski definition) is 4. The summed E-state index contributed by atoms with van der Waals surface area (Å²) in [5.41, 5.74) is 2.11. The van der Waals surface area contributed by atoms with Crippen LogP contribution in [0.3, 0.4) is 0 Å². The molecule has 4 heteroatoms. The van der Waals surface area contributed by atoms with Gasteiger partial charge < -0.3 is 14.2 Å². The van der Waals surface area contributed by atoms with Crippen LogP contribution in [0.15, 0.2) is 42.5 Å². The van der Waals surface area contributed by atoms with Gasteiger partial charge in [0.25, 0.3) is 0 Å². The lowest BCUT2D eigenvalue weighted by Crippen LogP contribution is -2.09. The molecule has 0 saturated heterocycles. The molecule has 0 aliphatic carbocycles. The Labute approximate surface area is 136 Å². The summed E-state index contributed by atoms with van der Waals surface area (Å²) in [6, 6.07) is 13.3. The first-order chi connectivity index (χ1) is 11.2. The molecular formula is C19H20O4. The van der Waals surface area contributed by atoms with E-state index in [0.717, 1.165) is 29.0 Å². The number of carbonyl (C=O) groups is 1. The average Bonchev–Trinajstić information content (AvgIpc) is 2.77. The van der Waals surface area contributed by atoms with Crippen molar-refractivity contribution >= 4 is 5.97 Å². The molecule has 120 valence electrons. The van der Waals surface area contributed by atoms with Crippen molar-refractivity contribution in [3.63, 3.8) is 0 Å². The first-order valence-electron chi connectivity index (χ1n) is 7.86. The fourth-order valence-electron chi connectivity index (χ4n) is 2.47. The van der Waals surface area contributed by atoms with E-state index in [4.69, 9.17) is 14.2 Å². The van der Waals surface area contributed by atoms with E-state index in [9.17, 15) is 4.79 Å². The number of fused-ring (bicyclic) bond motifs is 1. The van der Waals surface area contributed by atoms with Crippen molar-refractivity contribution in [2.45, 2.75) is 26.2 Å². The Morgan fingerprint density at radius 2 is 1.91 bits per heavy atom. The molecule has 0 amide bonds. The Morgan fingerprint density at radius 3 is 2.74 bits per heavy atom. The van der Waals surface area contributed by atoms with Gasteiger partial charge in [-0.1, -0.05) is 18.2 Å². The van der Waals surface area contributed by atoms with Crippen molar-refractivity contribution in [2.24, 2.45) is 0 Å². The molecule has 0 N–H and O–H groups in total. The third kappa shape index (κ3) is 4.25. The number of carbonyl (C=O) groups excluding carboxylic acids is 1. The van der Waals surface area contributed by atoms with Gasteiger partial charge in [0.1, 0.15) is 5.75 Å². The molecule has 0 fully saturated rings. The van der Waals surface area contributed by atoms with Gasteiger partial charge in [-0.3, -0.25) is 4.79 Å². The van der Waals surface area contributed by atoms with E-state index >= 15 is 0 Å². The van der Waals surface area contributed by atoms with Crippen LogP contribution in [0.2, 0.25) is 0 Å². The second-order valence-electron chi connectivity index (χ2n) is 5.62. The first-order valence-corrected chi connectivity index (χ1v) is 7.86. The molecule has 0 radical (unpaired) electrons. The molecule has 2 aromatic rings. The molecule has 0 bridgehead atoms. The number of esters is 1. The van der Waals surface area contributed by atoms with E-state index in [2.05, 4.69) is 0 Å². The maximum atomic E-state index is 12.0. The molecule has 2 aromatic carbocycles. The third-order valence-corrected chi connectivity index (χ3v) is 3.65. The number of benzene rings is 2. The summed E-state index contributed by atoms with van der Waals surface area (Å²) in [6.45, 7) is 3.30. The minimum Gasteiger partial charge on any atom is -0.490 e. The lowest BCUT2D eigenvalue weighted by molar-refractivity contribution is -0.134. The van der Waals surface area contributed by atoms with Gasteiger partial charge in [-0.25, -0.2) is 0 Å². The topological polar surface area (TPSA) is 44.8 Å². The minimum atomic E-state index is -0.234. The zero-order valence-corrected chi connectivity index (χ0v) is 13.2. The fraction of sp³-hybridized carbons (Fsp3) is 0.316. The smallest absolute Gasteiger partial charge is 0.311 e. The van der Waals surface area contributed by atoms with Crippen LogP contribution in [0.4, 0.5) is 0 Å². The molecule has 0 saturated carbocycles. The zero-order valence-electron chi connectivity index (χ0n) is 13.2. The summed E-state index contributed by atoms with van der Waals surface area (Å²) in [7, 11) is 0. The third-order valence-electron chi connectivity index (χ3n) is 3.65. The van der Waals surface area contributed by atoms with Crippen molar-refractivity contribution in [1.82, 2.24) is 0 Å². The number of ether oxygens (including phenoxy) is 3. The molecule has 1 aliphatic rings. The van der Waals surface area contributed by atoms with Gasteiger partial charge >= 0.3 is 5.97 Å². The van der Waals surface area contributed by atoms with E-state index in [1.54, 1.807) is 6.07 Å². The maximum Gasteiger partial charge on any atom is 0.311 e. The van der Waals surface area contributed by atoms with Crippen molar-refractivity contribution in [2.75, 3.05) is 13.2 Å². The highest BCUT2D eigenvalue weighted by atomic mass is 16.5. The minimum absolute atomic E-state index is 0.234. The molecule has 0 atom stereocenters. The summed E-state index contributed by atoms with van der Waals surface area (Å²) in [4.78, 5) is 12.0. The molecule has 1 aliphatic heterocycles. The van der Waals surface area contributed by atoms with E-state index < -0.39 is 0 Å². The quantitative estimate of drug-likeness (QED) is 0.638. The zero-order chi connectivity index (χ0) is 16.1. The van der Waals surface area contributed by atoms with E-state index in [-0.39, 0.29) is 5.97 Å². The summed E-state index contributed by atoms with van der Waals surface area (Å²) < 4.78 is 16.6. The van der Waals surface area contributed by atoms with Crippen LogP contribution in [0, 0.1) is 6.92 Å². The Bertz CT molecular complexity index is 694. The maximum absolute atomic E-state index is 12.0. The molecule has 3 rings (SSSR count). The fourth-order valence-corrected chi connectivity index (χ4v) is 2.47.